The third kappa shape index (κ3) is 4.97. The van der Waals surface area contributed by atoms with E-state index in [0.717, 1.165) is 24.8 Å². The Labute approximate surface area is 158 Å². The molecule has 0 bridgehead atoms. The molecule has 26 heavy (non-hydrogen) atoms. The summed E-state index contributed by atoms with van der Waals surface area (Å²) in [6.07, 6.45) is 3.93. The molecule has 0 spiro atoms. The van der Waals surface area contributed by atoms with Crippen molar-refractivity contribution in [2.45, 2.75) is 57.4 Å². The van der Waals surface area contributed by atoms with Crippen molar-refractivity contribution in [3.63, 3.8) is 0 Å². The predicted octanol–water partition coefficient (Wildman–Crippen LogP) is 3.32. The smallest absolute Gasteiger partial charge is 0.321 e. The van der Waals surface area contributed by atoms with Crippen molar-refractivity contribution >= 4 is 29.5 Å². The number of esters is 1. The molecule has 1 aromatic rings. The number of carbonyl (C=O) groups is 3. The van der Waals surface area contributed by atoms with Gasteiger partial charge in [-0.3, -0.25) is 14.9 Å². The van der Waals surface area contributed by atoms with Gasteiger partial charge in [-0.2, -0.15) is 0 Å². The standard InChI is InChI=1S/C19H25ClN2O4/c1-3-13(2)21-18(25)22-16(23)12-26-17(24)19(10-4-5-11-19)14-6-8-15(20)9-7-14/h6-9,13H,3-5,10-12H2,1-2H3,(H2,21,22,23,25)/t13-/m0/s1. The molecule has 1 atom stereocenters. The lowest BCUT2D eigenvalue weighted by atomic mass is 9.79. The van der Waals surface area contributed by atoms with Crippen LogP contribution in [-0.4, -0.2) is 30.6 Å². The highest BCUT2D eigenvalue weighted by Gasteiger charge is 2.44. The van der Waals surface area contributed by atoms with Gasteiger partial charge in [-0.25, -0.2) is 4.79 Å². The first-order valence-corrected chi connectivity index (χ1v) is 9.29. The molecule has 1 aliphatic rings. The summed E-state index contributed by atoms with van der Waals surface area (Å²) in [4.78, 5) is 36.2. The van der Waals surface area contributed by atoms with Crippen molar-refractivity contribution in [3.8, 4) is 0 Å². The maximum atomic E-state index is 12.7. The van der Waals surface area contributed by atoms with Gasteiger partial charge in [-0.05, 0) is 43.9 Å². The first kappa shape index (κ1) is 20.2. The van der Waals surface area contributed by atoms with Crippen molar-refractivity contribution < 1.29 is 19.1 Å². The van der Waals surface area contributed by atoms with E-state index in [9.17, 15) is 14.4 Å². The number of ether oxygens (including phenoxy) is 1. The van der Waals surface area contributed by atoms with Crippen LogP contribution in [0.4, 0.5) is 4.79 Å². The Hall–Kier alpha value is -2.08. The number of hydrogen-bond acceptors (Lipinski definition) is 4. The summed E-state index contributed by atoms with van der Waals surface area (Å²) in [5, 5.41) is 5.38. The van der Waals surface area contributed by atoms with E-state index in [4.69, 9.17) is 16.3 Å². The number of halogens is 1. The lowest BCUT2D eigenvalue weighted by Crippen LogP contribution is -2.45. The lowest BCUT2D eigenvalue weighted by molar-refractivity contribution is -0.154. The molecule has 1 aromatic carbocycles. The van der Waals surface area contributed by atoms with Gasteiger partial charge in [-0.15, -0.1) is 0 Å². The van der Waals surface area contributed by atoms with Crippen LogP contribution in [0.25, 0.3) is 0 Å². The second-order valence-electron chi connectivity index (χ2n) is 6.70. The van der Waals surface area contributed by atoms with Gasteiger partial charge < -0.3 is 10.1 Å². The molecule has 0 unspecified atom stereocenters. The highest BCUT2D eigenvalue weighted by molar-refractivity contribution is 6.30. The van der Waals surface area contributed by atoms with Crippen molar-refractivity contribution in [2.24, 2.45) is 0 Å². The highest BCUT2D eigenvalue weighted by Crippen LogP contribution is 2.42. The third-order valence-electron chi connectivity index (χ3n) is 4.82. The summed E-state index contributed by atoms with van der Waals surface area (Å²) >= 11 is 5.93. The molecule has 2 N–H and O–H groups in total. The fraction of sp³-hybridized carbons (Fsp3) is 0.526. The van der Waals surface area contributed by atoms with Crippen molar-refractivity contribution in [2.75, 3.05) is 6.61 Å². The lowest BCUT2D eigenvalue weighted by Gasteiger charge is -2.27. The number of amides is 3. The molecule has 142 valence electrons. The Bertz CT molecular complexity index is 654. The first-order chi connectivity index (χ1) is 12.4. The average molecular weight is 381 g/mol. The molecule has 0 aliphatic heterocycles. The fourth-order valence-electron chi connectivity index (χ4n) is 3.15. The van der Waals surface area contributed by atoms with Crippen molar-refractivity contribution in [1.82, 2.24) is 10.6 Å². The van der Waals surface area contributed by atoms with Gasteiger partial charge in [0.15, 0.2) is 6.61 Å². The molecule has 2 rings (SSSR count). The molecule has 0 saturated heterocycles. The summed E-state index contributed by atoms with van der Waals surface area (Å²) in [6, 6.07) is 6.51. The highest BCUT2D eigenvalue weighted by atomic mass is 35.5. The third-order valence-corrected chi connectivity index (χ3v) is 5.07. The van der Waals surface area contributed by atoms with Crippen LogP contribution < -0.4 is 10.6 Å². The van der Waals surface area contributed by atoms with Crippen LogP contribution in [0.3, 0.4) is 0 Å². The van der Waals surface area contributed by atoms with Crippen LogP contribution in [0.1, 0.15) is 51.5 Å². The summed E-state index contributed by atoms with van der Waals surface area (Å²) in [5.74, 6) is -1.08. The van der Waals surface area contributed by atoms with Crippen LogP contribution in [0, 0.1) is 0 Å². The Kier molecular flexibility index (Phi) is 7.03. The minimum atomic E-state index is -0.746. The predicted molar refractivity (Wildman–Crippen MR) is 99.0 cm³/mol. The van der Waals surface area contributed by atoms with Crippen LogP contribution in [0.15, 0.2) is 24.3 Å². The molecule has 1 saturated carbocycles. The topological polar surface area (TPSA) is 84.5 Å². The molecule has 3 amide bonds. The minimum Gasteiger partial charge on any atom is -0.455 e. The Morgan fingerprint density at radius 3 is 2.38 bits per heavy atom. The van der Waals surface area contributed by atoms with Crippen LogP contribution >= 0.6 is 11.6 Å². The monoisotopic (exact) mass is 380 g/mol. The number of urea groups is 1. The Morgan fingerprint density at radius 1 is 1.19 bits per heavy atom. The minimum absolute atomic E-state index is 0.0444. The molecule has 0 heterocycles. The molecule has 1 fully saturated rings. The van der Waals surface area contributed by atoms with Crippen molar-refractivity contribution in [3.05, 3.63) is 34.9 Å². The van der Waals surface area contributed by atoms with Crippen LogP contribution in [0.5, 0.6) is 0 Å². The summed E-state index contributed by atoms with van der Waals surface area (Å²) in [5.41, 5.74) is 0.100. The summed E-state index contributed by atoms with van der Waals surface area (Å²) in [7, 11) is 0. The van der Waals surface area contributed by atoms with Crippen LogP contribution in [0.2, 0.25) is 5.02 Å². The van der Waals surface area contributed by atoms with Gasteiger partial charge in [-0.1, -0.05) is 43.5 Å². The zero-order chi connectivity index (χ0) is 19.2. The summed E-state index contributed by atoms with van der Waals surface area (Å²) < 4.78 is 5.24. The number of hydrogen-bond donors (Lipinski definition) is 2. The van der Waals surface area contributed by atoms with Crippen molar-refractivity contribution in [1.29, 1.82) is 0 Å². The molecule has 0 radical (unpaired) electrons. The van der Waals surface area contributed by atoms with Gasteiger partial charge in [0.1, 0.15) is 0 Å². The van der Waals surface area contributed by atoms with Gasteiger partial charge in [0, 0.05) is 11.1 Å². The molecule has 0 aromatic heterocycles. The molecule has 6 nitrogen and oxygen atoms in total. The van der Waals surface area contributed by atoms with E-state index in [0.29, 0.717) is 17.9 Å². The zero-order valence-electron chi connectivity index (χ0n) is 15.1. The quantitative estimate of drug-likeness (QED) is 0.741. The number of nitrogens with one attached hydrogen (secondary N) is 2. The van der Waals surface area contributed by atoms with E-state index >= 15 is 0 Å². The number of imide groups is 1. The Balaban J connectivity index is 1.95. The first-order valence-electron chi connectivity index (χ1n) is 8.91. The van der Waals surface area contributed by atoms with E-state index in [1.54, 1.807) is 12.1 Å². The normalized spacial score (nSPS) is 16.6. The molecule has 1 aliphatic carbocycles. The molecule has 7 heteroatoms. The van der Waals surface area contributed by atoms with Gasteiger partial charge in [0.25, 0.3) is 5.91 Å². The maximum Gasteiger partial charge on any atom is 0.321 e. The van der Waals surface area contributed by atoms with E-state index in [1.165, 1.54) is 0 Å². The fourth-order valence-corrected chi connectivity index (χ4v) is 3.28. The maximum absolute atomic E-state index is 12.7. The van der Waals surface area contributed by atoms with E-state index in [2.05, 4.69) is 10.6 Å². The average Bonchev–Trinajstić information content (AvgIpc) is 3.11. The Morgan fingerprint density at radius 2 is 1.81 bits per heavy atom. The van der Waals surface area contributed by atoms with Gasteiger partial charge in [0.2, 0.25) is 0 Å². The van der Waals surface area contributed by atoms with E-state index in [1.807, 2.05) is 26.0 Å². The number of benzene rings is 1. The zero-order valence-corrected chi connectivity index (χ0v) is 15.9. The second-order valence-corrected chi connectivity index (χ2v) is 7.14. The van der Waals surface area contributed by atoms with Gasteiger partial charge >= 0.3 is 12.0 Å². The number of rotatable bonds is 6. The molecular formula is C19H25ClN2O4. The largest absolute Gasteiger partial charge is 0.455 e. The second kappa shape index (κ2) is 9.03. The SMILES string of the molecule is CC[C@H](C)NC(=O)NC(=O)COC(=O)C1(c2ccc(Cl)cc2)CCCC1. The van der Waals surface area contributed by atoms with E-state index in [-0.39, 0.29) is 6.04 Å². The van der Waals surface area contributed by atoms with Crippen LogP contribution in [-0.2, 0) is 19.7 Å². The molecular weight excluding hydrogens is 356 g/mol. The summed E-state index contributed by atoms with van der Waals surface area (Å²) in [6.45, 7) is 3.27. The van der Waals surface area contributed by atoms with Gasteiger partial charge in [0.05, 0.1) is 5.41 Å². The van der Waals surface area contributed by atoms with E-state index < -0.39 is 29.9 Å². The number of carbonyl (C=O) groups excluding carboxylic acids is 3.